The third-order valence-corrected chi connectivity index (χ3v) is 2.29. The fourth-order valence-corrected chi connectivity index (χ4v) is 0.896. The van der Waals surface area contributed by atoms with Gasteiger partial charge in [-0.2, -0.15) is 0 Å². The first-order valence-electron chi connectivity index (χ1n) is 4.59. The Labute approximate surface area is 74.3 Å². The summed E-state index contributed by atoms with van der Waals surface area (Å²) in [6, 6.07) is 0. The van der Waals surface area contributed by atoms with Crippen LogP contribution in [0.4, 0.5) is 0 Å². The highest BCUT2D eigenvalue weighted by Crippen LogP contribution is 2.11. The summed E-state index contributed by atoms with van der Waals surface area (Å²) < 4.78 is 0. The average Bonchev–Trinajstić information content (AvgIpc) is 2.11. The first kappa shape index (κ1) is 11.3. The SMILES string of the molecule is CC[C@H](C)CCC(=O)[C@H](C)C=O. The zero-order valence-electron chi connectivity index (χ0n) is 8.17. The minimum atomic E-state index is -0.408. The Hall–Kier alpha value is -0.660. The molecule has 0 saturated carbocycles. The Morgan fingerprint density at radius 3 is 2.42 bits per heavy atom. The molecule has 0 fully saturated rings. The summed E-state index contributed by atoms with van der Waals surface area (Å²) in [6.07, 6.45) is 3.28. The van der Waals surface area contributed by atoms with Gasteiger partial charge in [0, 0.05) is 6.42 Å². The lowest BCUT2D eigenvalue weighted by atomic mass is 9.97. The number of hydrogen-bond acceptors (Lipinski definition) is 2. The van der Waals surface area contributed by atoms with Gasteiger partial charge in [0.1, 0.15) is 12.1 Å². The van der Waals surface area contributed by atoms with Crippen molar-refractivity contribution in [3.63, 3.8) is 0 Å². The number of Topliss-reactive ketones (excluding diaryl/α,β-unsaturated/α-hetero) is 1. The van der Waals surface area contributed by atoms with Gasteiger partial charge in [-0.1, -0.05) is 20.3 Å². The van der Waals surface area contributed by atoms with Gasteiger partial charge in [0.2, 0.25) is 0 Å². The predicted octanol–water partition coefficient (Wildman–Crippen LogP) is 2.22. The number of aldehydes is 1. The largest absolute Gasteiger partial charge is 0.303 e. The second kappa shape index (κ2) is 5.92. The maximum atomic E-state index is 11.2. The molecule has 0 aromatic rings. The van der Waals surface area contributed by atoms with Crippen molar-refractivity contribution in [2.45, 2.75) is 40.0 Å². The molecule has 0 amide bonds. The van der Waals surface area contributed by atoms with Gasteiger partial charge in [0.05, 0.1) is 5.92 Å². The van der Waals surface area contributed by atoms with E-state index in [1.165, 1.54) is 0 Å². The van der Waals surface area contributed by atoms with Crippen molar-refractivity contribution in [3.8, 4) is 0 Å². The van der Waals surface area contributed by atoms with Gasteiger partial charge in [-0.15, -0.1) is 0 Å². The lowest BCUT2D eigenvalue weighted by Crippen LogP contribution is -2.12. The molecule has 0 unspecified atom stereocenters. The van der Waals surface area contributed by atoms with Crippen LogP contribution in [0.5, 0.6) is 0 Å². The van der Waals surface area contributed by atoms with Crippen LogP contribution in [0.15, 0.2) is 0 Å². The van der Waals surface area contributed by atoms with E-state index in [9.17, 15) is 9.59 Å². The Kier molecular flexibility index (Phi) is 5.60. The number of carbonyl (C=O) groups excluding carboxylic acids is 2. The van der Waals surface area contributed by atoms with Crippen LogP contribution in [0.25, 0.3) is 0 Å². The van der Waals surface area contributed by atoms with Crippen molar-refractivity contribution in [1.82, 2.24) is 0 Å². The van der Waals surface area contributed by atoms with E-state index in [1.807, 2.05) is 0 Å². The normalized spacial score (nSPS) is 15.2. The van der Waals surface area contributed by atoms with Gasteiger partial charge in [0.25, 0.3) is 0 Å². The molecule has 0 bridgehead atoms. The third-order valence-electron chi connectivity index (χ3n) is 2.29. The number of hydrogen-bond donors (Lipinski definition) is 0. The van der Waals surface area contributed by atoms with E-state index in [-0.39, 0.29) is 5.78 Å². The minimum absolute atomic E-state index is 0.0744. The Balaban J connectivity index is 3.63. The van der Waals surface area contributed by atoms with Crippen LogP contribution in [0.1, 0.15) is 40.0 Å². The lowest BCUT2D eigenvalue weighted by molar-refractivity contribution is -0.126. The van der Waals surface area contributed by atoms with Crippen molar-refractivity contribution in [3.05, 3.63) is 0 Å². The van der Waals surface area contributed by atoms with E-state index in [0.717, 1.165) is 19.1 Å². The van der Waals surface area contributed by atoms with Gasteiger partial charge >= 0.3 is 0 Å². The topological polar surface area (TPSA) is 34.1 Å². The molecular weight excluding hydrogens is 152 g/mol. The Morgan fingerprint density at radius 2 is 2.00 bits per heavy atom. The Morgan fingerprint density at radius 1 is 1.42 bits per heavy atom. The molecule has 12 heavy (non-hydrogen) atoms. The highest BCUT2D eigenvalue weighted by atomic mass is 16.1. The summed E-state index contributed by atoms with van der Waals surface area (Å²) in [4.78, 5) is 21.4. The molecule has 0 heterocycles. The summed E-state index contributed by atoms with van der Waals surface area (Å²) in [7, 11) is 0. The van der Waals surface area contributed by atoms with Crippen molar-refractivity contribution in [2.24, 2.45) is 11.8 Å². The zero-order chi connectivity index (χ0) is 9.56. The predicted molar refractivity (Wildman–Crippen MR) is 48.9 cm³/mol. The highest BCUT2D eigenvalue weighted by molar-refractivity contribution is 5.92. The second-order valence-corrected chi connectivity index (χ2v) is 3.44. The number of rotatable bonds is 6. The van der Waals surface area contributed by atoms with Crippen LogP contribution >= 0.6 is 0 Å². The fraction of sp³-hybridized carbons (Fsp3) is 0.800. The third kappa shape index (κ3) is 4.27. The first-order chi connectivity index (χ1) is 5.61. The molecule has 2 nitrogen and oxygen atoms in total. The van der Waals surface area contributed by atoms with E-state index in [0.29, 0.717) is 12.3 Å². The molecule has 0 aliphatic carbocycles. The maximum absolute atomic E-state index is 11.2. The zero-order valence-corrected chi connectivity index (χ0v) is 8.17. The Bertz CT molecular complexity index is 152. The van der Waals surface area contributed by atoms with Crippen LogP contribution in [-0.4, -0.2) is 12.1 Å². The molecule has 2 heteroatoms. The minimum Gasteiger partial charge on any atom is -0.303 e. The smallest absolute Gasteiger partial charge is 0.142 e. The molecule has 0 N–H and O–H groups in total. The molecule has 2 atom stereocenters. The second-order valence-electron chi connectivity index (χ2n) is 3.44. The average molecular weight is 170 g/mol. The molecule has 0 saturated heterocycles. The molecule has 0 spiro atoms. The first-order valence-corrected chi connectivity index (χ1v) is 4.59. The number of ketones is 1. The molecule has 0 aliphatic rings. The summed E-state index contributed by atoms with van der Waals surface area (Å²) >= 11 is 0. The molecule has 0 aliphatic heterocycles. The molecule has 70 valence electrons. The van der Waals surface area contributed by atoms with E-state index in [1.54, 1.807) is 6.92 Å². The van der Waals surface area contributed by atoms with Crippen LogP contribution < -0.4 is 0 Å². The highest BCUT2D eigenvalue weighted by Gasteiger charge is 2.11. The van der Waals surface area contributed by atoms with Crippen LogP contribution in [-0.2, 0) is 9.59 Å². The molecule has 0 radical (unpaired) electrons. The summed E-state index contributed by atoms with van der Waals surface area (Å²) in [5, 5.41) is 0. The van der Waals surface area contributed by atoms with Crippen molar-refractivity contribution >= 4 is 12.1 Å². The lowest BCUT2D eigenvalue weighted by Gasteiger charge is -2.07. The van der Waals surface area contributed by atoms with Crippen molar-refractivity contribution < 1.29 is 9.59 Å². The van der Waals surface area contributed by atoms with Gasteiger partial charge in [0.15, 0.2) is 0 Å². The van der Waals surface area contributed by atoms with Crippen LogP contribution in [0.2, 0.25) is 0 Å². The fourth-order valence-electron chi connectivity index (χ4n) is 0.896. The van der Waals surface area contributed by atoms with Crippen molar-refractivity contribution in [2.75, 3.05) is 0 Å². The standard InChI is InChI=1S/C10H18O2/c1-4-8(2)5-6-10(12)9(3)7-11/h7-9H,4-6H2,1-3H3/t8-,9+/m0/s1. The monoisotopic (exact) mass is 170 g/mol. The van der Waals surface area contributed by atoms with Gasteiger partial charge in [-0.3, -0.25) is 4.79 Å². The molecular formula is C10H18O2. The van der Waals surface area contributed by atoms with E-state index >= 15 is 0 Å². The molecule has 0 aromatic carbocycles. The maximum Gasteiger partial charge on any atom is 0.142 e. The van der Waals surface area contributed by atoms with Gasteiger partial charge < -0.3 is 4.79 Å². The molecule has 0 aromatic heterocycles. The van der Waals surface area contributed by atoms with E-state index in [4.69, 9.17) is 0 Å². The van der Waals surface area contributed by atoms with E-state index in [2.05, 4.69) is 13.8 Å². The van der Waals surface area contributed by atoms with Crippen LogP contribution in [0.3, 0.4) is 0 Å². The van der Waals surface area contributed by atoms with Gasteiger partial charge in [-0.25, -0.2) is 0 Å². The quantitative estimate of drug-likeness (QED) is 0.452. The van der Waals surface area contributed by atoms with Crippen molar-refractivity contribution in [1.29, 1.82) is 0 Å². The van der Waals surface area contributed by atoms with Crippen LogP contribution in [0, 0.1) is 11.8 Å². The molecule has 0 rings (SSSR count). The summed E-state index contributed by atoms with van der Waals surface area (Å²) in [5.41, 5.74) is 0. The summed E-state index contributed by atoms with van der Waals surface area (Å²) in [6.45, 7) is 5.89. The van der Waals surface area contributed by atoms with E-state index < -0.39 is 5.92 Å². The van der Waals surface area contributed by atoms with Gasteiger partial charge in [-0.05, 0) is 19.3 Å². The number of carbonyl (C=O) groups is 2. The summed E-state index contributed by atoms with van der Waals surface area (Å²) in [5.74, 6) is 0.257.